The monoisotopic (exact) mass is 463 g/mol. The number of rotatable bonds is 9. The molecule has 3 aromatic rings. The molecular formula is C22H23ClFN3O5. The minimum atomic E-state index is -0.535. The summed E-state index contributed by atoms with van der Waals surface area (Å²) in [5.41, 5.74) is 0.0648. The van der Waals surface area contributed by atoms with Crippen molar-refractivity contribution in [3.8, 4) is 11.5 Å². The maximum absolute atomic E-state index is 13.2. The van der Waals surface area contributed by atoms with E-state index < -0.39 is 17.1 Å². The fourth-order valence-corrected chi connectivity index (χ4v) is 3.48. The Bertz CT molecular complexity index is 1250. The first-order valence-electron chi connectivity index (χ1n) is 9.93. The molecule has 2 N–H and O–H groups in total. The molecule has 1 heterocycles. The van der Waals surface area contributed by atoms with Gasteiger partial charge in [0.25, 0.3) is 5.56 Å². The summed E-state index contributed by atoms with van der Waals surface area (Å²) in [5, 5.41) is 3.04. The highest BCUT2D eigenvalue weighted by atomic mass is 35.5. The van der Waals surface area contributed by atoms with E-state index in [1.54, 1.807) is 12.1 Å². The van der Waals surface area contributed by atoms with Crippen molar-refractivity contribution in [3.63, 3.8) is 0 Å². The Morgan fingerprint density at radius 1 is 1.12 bits per heavy atom. The average molecular weight is 464 g/mol. The number of H-pyrrole nitrogens is 1. The summed E-state index contributed by atoms with van der Waals surface area (Å²) in [4.78, 5) is 39.9. The number of hydrogen-bond acceptors (Lipinski definition) is 5. The second-order valence-electron chi connectivity index (χ2n) is 7.12. The Hall–Kier alpha value is -3.33. The lowest BCUT2D eigenvalue weighted by Gasteiger charge is -2.11. The Morgan fingerprint density at radius 2 is 1.84 bits per heavy atom. The molecule has 0 saturated heterocycles. The van der Waals surface area contributed by atoms with Crippen molar-refractivity contribution in [2.75, 3.05) is 14.2 Å². The van der Waals surface area contributed by atoms with Crippen molar-refractivity contribution in [2.24, 2.45) is 0 Å². The van der Waals surface area contributed by atoms with E-state index in [1.807, 2.05) is 0 Å². The minimum absolute atomic E-state index is 0.00105. The highest BCUT2D eigenvalue weighted by molar-refractivity contribution is 6.30. The van der Waals surface area contributed by atoms with Crippen LogP contribution in [0.15, 0.2) is 39.9 Å². The molecule has 3 rings (SSSR count). The minimum Gasteiger partial charge on any atom is -0.493 e. The normalized spacial score (nSPS) is 10.9. The lowest BCUT2D eigenvalue weighted by Crippen LogP contribution is -2.35. The Balaban J connectivity index is 1.58. The zero-order chi connectivity index (χ0) is 23.3. The van der Waals surface area contributed by atoms with Crippen LogP contribution in [-0.2, 0) is 17.9 Å². The van der Waals surface area contributed by atoms with E-state index in [-0.39, 0.29) is 30.4 Å². The van der Waals surface area contributed by atoms with Crippen molar-refractivity contribution in [1.29, 1.82) is 0 Å². The van der Waals surface area contributed by atoms with E-state index >= 15 is 0 Å². The van der Waals surface area contributed by atoms with Gasteiger partial charge in [-0.05, 0) is 36.6 Å². The summed E-state index contributed by atoms with van der Waals surface area (Å²) < 4.78 is 24.7. The van der Waals surface area contributed by atoms with E-state index in [9.17, 15) is 18.8 Å². The first-order valence-corrected chi connectivity index (χ1v) is 10.3. The fourth-order valence-electron chi connectivity index (χ4n) is 3.28. The summed E-state index contributed by atoms with van der Waals surface area (Å²) >= 11 is 5.73. The largest absolute Gasteiger partial charge is 0.493 e. The van der Waals surface area contributed by atoms with Crippen LogP contribution in [0.4, 0.5) is 4.39 Å². The quantitative estimate of drug-likeness (QED) is 0.475. The molecular weight excluding hydrogens is 441 g/mol. The van der Waals surface area contributed by atoms with Crippen LogP contribution in [0.25, 0.3) is 10.9 Å². The predicted octanol–water partition coefficient (Wildman–Crippen LogP) is 2.99. The average Bonchev–Trinajstić information content (AvgIpc) is 2.78. The third kappa shape index (κ3) is 5.28. The van der Waals surface area contributed by atoms with Crippen molar-refractivity contribution in [2.45, 2.75) is 32.4 Å². The van der Waals surface area contributed by atoms with E-state index in [0.29, 0.717) is 40.8 Å². The lowest BCUT2D eigenvalue weighted by molar-refractivity contribution is -0.121. The van der Waals surface area contributed by atoms with Crippen LogP contribution in [0.5, 0.6) is 11.5 Å². The standard InChI is InChI=1S/C22H23ClFN3O5/c1-31-18-10-14-17(11-19(18)32-2)26-22(30)27(21(14)29)8-4-3-5-20(28)25-12-13-6-7-16(24)15(23)9-13/h6-7,9-11H,3-5,8,12H2,1-2H3,(H,25,28)(H,26,30). The molecule has 8 nitrogen and oxygen atoms in total. The van der Waals surface area contributed by atoms with Gasteiger partial charge < -0.3 is 19.8 Å². The number of benzene rings is 2. The number of aromatic amines is 1. The maximum Gasteiger partial charge on any atom is 0.328 e. The lowest BCUT2D eigenvalue weighted by atomic mass is 10.2. The number of ether oxygens (including phenoxy) is 2. The SMILES string of the molecule is COc1cc2[nH]c(=O)n(CCCCC(=O)NCc3ccc(F)c(Cl)c3)c(=O)c2cc1OC. The fraction of sp³-hybridized carbons (Fsp3) is 0.318. The molecule has 170 valence electrons. The molecule has 0 saturated carbocycles. The van der Waals surface area contributed by atoms with Crippen molar-refractivity contribution < 1.29 is 18.7 Å². The van der Waals surface area contributed by atoms with Crippen molar-refractivity contribution in [3.05, 3.63) is 67.6 Å². The second kappa shape index (κ2) is 10.3. The zero-order valence-corrected chi connectivity index (χ0v) is 18.4. The highest BCUT2D eigenvalue weighted by Gasteiger charge is 2.13. The molecule has 0 fully saturated rings. The van der Waals surface area contributed by atoms with Crippen molar-refractivity contribution >= 4 is 28.4 Å². The van der Waals surface area contributed by atoms with Crippen LogP contribution in [0.2, 0.25) is 5.02 Å². The van der Waals surface area contributed by atoms with Gasteiger partial charge in [-0.15, -0.1) is 0 Å². The molecule has 0 bridgehead atoms. The molecule has 0 unspecified atom stereocenters. The second-order valence-corrected chi connectivity index (χ2v) is 7.53. The van der Waals surface area contributed by atoms with E-state index in [4.69, 9.17) is 21.1 Å². The molecule has 1 amide bonds. The van der Waals surface area contributed by atoms with Gasteiger partial charge >= 0.3 is 5.69 Å². The number of carbonyl (C=O) groups excluding carboxylic acids is 1. The number of hydrogen-bond donors (Lipinski definition) is 2. The van der Waals surface area contributed by atoms with Crippen LogP contribution in [0.1, 0.15) is 24.8 Å². The number of fused-ring (bicyclic) bond motifs is 1. The molecule has 0 spiro atoms. The topological polar surface area (TPSA) is 102 Å². The zero-order valence-electron chi connectivity index (χ0n) is 17.7. The molecule has 0 atom stereocenters. The van der Waals surface area contributed by atoms with Gasteiger partial charge in [-0.25, -0.2) is 9.18 Å². The van der Waals surface area contributed by atoms with Crippen LogP contribution >= 0.6 is 11.6 Å². The number of carbonyl (C=O) groups is 1. The molecule has 32 heavy (non-hydrogen) atoms. The number of halogens is 2. The summed E-state index contributed by atoms with van der Waals surface area (Å²) in [7, 11) is 2.93. The number of aromatic nitrogens is 2. The molecule has 1 aromatic heterocycles. The molecule has 0 aliphatic rings. The maximum atomic E-state index is 13.2. The van der Waals surface area contributed by atoms with Gasteiger partial charge in [-0.2, -0.15) is 0 Å². The highest BCUT2D eigenvalue weighted by Crippen LogP contribution is 2.29. The van der Waals surface area contributed by atoms with Gasteiger partial charge in [-0.1, -0.05) is 17.7 Å². The third-order valence-corrected chi connectivity index (χ3v) is 5.28. The van der Waals surface area contributed by atoms with Crippen LogP contribution < -0.4 is 26.0 Å². The molecule has 0 radical (unpaired) electrons. The van der Waals surface area contributed by atoms with Gasteiger partial charge in [0.15, 0.2) is 11.5 Å². The van der Waals surface area contributed by atoms with Crippen LogP contribution in [-0.4, -0.2) is 29.7 Å². The third-order valence-electron chi connectivity index (χ3n) is 5.00. The smallest absolute Gasteiger partial charge is 0.328 e. The number of nitrogens with zero attached hydrogens (tertiary/aromatic N) is 1. The summed E-state index contributed by atoms with van der Waals surface area (Å²) in [5.74, 6) is 0.0804. The Kier molecular flexibility index (Phi) is 7.53. The molecule has 10 heteroatoms. The predicted molar refractivity (Wildman–Crippen MR) is 119 cm³/mol. The summed E-state index contributed by atoms with van der Waals surface area (Å²) in [6.07, 6.45) is 1.16. The van der Waals surface area contributed by atoms with Gasteiger partial charge in [0, 0.05) is 25.6 Å². The van der Waals surface area contributed by atoms with E-state index in [0.717, 1.165) is 4.57 Å². The summed E-state index contributed by atoms with van der Waals surface area (Å²) in [6.45, 7) is 0.396. The Labute approximate surface area is 187 Å². The number of methoxy groups -OCH3 is 2. The number of nitrogens with one attached hydrogen (secondary N) is 2. The van der Waals surface area contributed by atoms with Gasteiger partial charge in [0.1, 0.15) is 5.82 Å². The van der Waals surface area contributed by atoms with Gasteiger partial charge in [0.2, 0.25) is 5.91 Å². The molecule has 2 aromatic carbocycles. The molecule has 0 aliphatic carbocycles. The first kappa shape index (κ1) is 23.3. The van der Waals surface area contributed by atoms with Crippen LogP contribution in [0, 0.1) is 5.82 Å². The van der Waals surface area contributed by atoms with Crippen molar-refractivity contribution in [1.82, 2.24) is 14.9 Å². The Morgan fingerprint density at radius 3 is 2.53 bits per heavy atom. The number of unbranched alkanes of at least 4 members (excludes halogenated alkanes) is 1. The van der Waals surface area contributed by atoms with Gasteiger partial charge in [-0.3, -0.25) is 14.2 Å². The van der Waals surface area contributed by atoms with E-state index in [2.05, 4.69) is 10.3 Å². The van der Waals surface area contributed by atoms with Crippen LogP contribution in [0.3, 0.4) is 0 Å². The number of amides is 1. The van der Waals surface area contributed by atoms with Gasteiger partial charge in [0.05, 0.1) is 30.1 Å². The molecule has 0 aliphatic heterocycles. The summed E-state index contributed by atoms with van der Waals surface area (Å²) in [6, 6.07) is 7.32. The first-order chi connectivity index (χ1) is 15.3. The van der Waals surface area contributed by atoms with E-state index in [1.165, 1.54) is 32.4 Å².